The van der Waals surface area contributed by atoms with Gasteiger partial charge in [0.25, 0.3) is 0 Å². The summed E-state index contributed by atoms with van der Waals surface area (Å²) >= 11 is 0. The summed E-state index contributed by atoms with van der Waals surface area (Å²) < 4.78 is 11.2. The number of allylic oxidation sites excluding steroid dienone is 8. The summed E-state index contributed by atoms with van der Waals surface area (Å²) in [6.07, 6.45) is 7.77. The molecule has 0 aromatic carbocycles. The number of ether oxygens (including phenoxy) is 2. The SMILES string of the molecule is C=CC(=C\C(=C(/C)OCC)C1(C)COC1)/C(=C/C(N)=C\C)C(=C)C. The zero-order chi connectivity index (χ0) is 18.3. The third kappa shape index (κ3) is 4.75. The number of hydrogen-bond acceptors (Lipinski definition) is 3. The van der Waals surface area contributed by atoms with Crippen molar-refractivity contribution in [3.8, 4) is 0 Å². The van der Waals surface area contributed by atoms with Crippen LogP contribution in [0.15, 0.2) is 71.2 Å². The van der Waals surface area contributed by atoms with Gasteiger partial charge in [0.15, 0.2) is 0 Å². The minimum absolute atomic E-state index is 0.0418. The molecule has 132 valence electrons. The van der Waals surface area contributed by atoms with Gasteiger partial charge in [0.05, 0.1) is 25.6 Å². The first-order valence-corrected chi connectivity index (χ1v) is 8.34. The fraction of sp³-hybridized carbons (Fsp3) is 0.429. The van der Waals surface area contributed by atoms with Crippen LogP contribution in [0, 0.1) is 5.41 Å². The Kier molecular flexibility index (Phi) is 7.30. The Morgan fingerprint density at radius 3 is 2.29 bits per heavy atom. The van der Waals surface area contributed by atoms with Gasteiger partial charge >= 0.3 is 0 Å². The Morgan fingerprint density at radius 1 is 1.29 bits per heavy atom. The predicted octanol–water partition coefficient (Wildman–Crippen LogP) is 4.81. The van der Waals surface area contributed by atoms with Crippen LogP contribution in [0.1, 0.15) is 34.6 Å². The highest BCUT2D eigenvalue weighted by Crippen LogP contribution is 2.39. The van der Waals surface area contributed by atoms with E-state index in [0.29, 0.717) is 25.5 Å². The maximum absolute atomic E-state index is 5.99. The molecule has 3 nitrogen and oxygen atoms in total. The molecule has 0 saturated carbocycles. The third-order valence-electron chi connectivity index (χ3n) is 4.17. The molecule has 0 aromatic heterocycles. The van der Waals surface area contributed by atoms with Gasteiger partial charge in [0.1, 0.15) is 0 Å². The lowest BCUT2D eigenvalue weighted by atomic mass is 9.78. The van der Waals surface area contributed by atoms with Crippen LogP contribution in [-0.2, 0) is 9.47 Å². The van der Waals surface area contributed by atoms with Crippen molar-refractivity contribution in [1.29, 1.82) is 0 Å². The van der Waals surface area contributed by atoms with E-state index < -0.39 is 0 Å². The molecule has 0 aliphatic carbocycles. The van der Waals surface area contributed by atoms with Crippen LogP contribution >= 0.6 is 0 Å². The van der Waals surface area contributed by atoms with E-state index in [1.807, 2.05) is 45.9 Å². The van der Waals surface area contributed by atoms with Gasteiger partial charge in [0.2, 0.25) is 0 Å². The van der Waals surface area contributed by atoms with Gasteiger partial charge in [-0.1, -0.05) is 37.8 Å². The summed E-state index contributed by atoms with van der Waals surface area (Å²) in [4.78, 5) is 0. The fourth-order valence-electron chi connectivity index (χ4n) is 2.66. The summed E-state index contributed by atoms with van der Waals surface area (Å²) in [5, 5.41) is 0. The van der Waals surface area contributed by atoms with Crippen LogP contribution in [0.25, 0.3) is 0 Å². The average Bonchev–Trinajstić information content (AvgIpc) is 2.51. The topological polar surface area (TPSA) is 44.5 Å². The van der Waals surface area contributed by atoms with Crippen LogP contribution in [0.5, 0.6) is 0 Å². The summed E-state index contributed by atoms with van der Waals surface area (Å²) in [6.45, 7) is 20.2. The van der Waals surface area contributed by atoms with Crippen LogP contribution in [0.4, 0.5) is 0 Å². The van der Waals surface area contributed by atoms with Gasteiger partial charge < -0.3 is 15.2 Å². The van der Waals surface area contributed by atoms with E-state index in [1.165, 1.54) is 0 Å². The monoisotopic (exact) mass is 329 g/mol. The van der Waals surface area contributed by atoms with Gasteiger partial charge in [-0.2, -0.15) is 0 Å². The fourth-order valence-corrected chi connectivity index (χ4v) is 2.66. The van der Waals surface area contributed by atoms with E-state index in [2.05, 4.69) is 26.2 Å². The molecule has 0 spiro atoms. The van der Waals surface area contributed by atoms with Gasteiger partial charge in [-0.05, 0) is 51.0 Å². The van der Waals surface area contributed by atoms with E-state index in [0.717, 1.165) is 28.1 Å². The quantitative estimate of drug-likeness (QED) is 0.513. The smallest absolute Gasteiger partial charge is 0.0968 e. The van der Waals surface area contributed by atoms with Crippen molar-refractivity contribution in [2.45, 2.75) is 34.6 Å². The minimum Gasteiger partial charge on any atom is -0.498 e. The molecule has 0 atom stereocenters. The van der Waals surface area contributed by atoms with Gasteiger partial charge in [-0.15, -0.1) is 0 Å². The first kappa shape index (κ1) is 20.0. The lowest BCUT2D eigenvalue weighted by molar-refractivity contribution is -0.0781. The number of hydrogen-bond donors (Lipinski definition) is 1. The maximum atomic E-state index is 5.99. The molecule has 0 radical (unpaired) electrons. The van der Waals surface area contributed by atoms with E-state index in [9.17, 15) is 0 Å². The average molecular weight is 329 g/mol. The zero-order valence-electron chi connectivity index (χ0n) is 15.7. The van der Waals surface area contributed by atoms with Crippen LogP contribution in [-0.4, -0.2) is 19.8 Å². The molecule has 0 unspecified atom stereocenters. The lowest BCUT2D eigenvalue weighted by Crippen LogP contribution is -2.41. The molecule has 0 aromatic rings. The minimum atomic E-state index is -0.0418. The van der Waals surface area contributed by atoms with Crippen molar-refractivity contribution < 1.29 is 9.47 Å². The second-order valence-electron chi connectivity index (χ2n) is 6.39. The van der Waals surface area contributed by atoms with E-state index in [-0.39, 0.29) is 5.41 Å². The summed E-state index contributed by atoms with van der Waals surface area (Å²) in [5.41, 5.74) is 10.7. The predicted molar refractivity (Wildman–Crippen MR) is 102 cm³/mol. The molecule has 3 heteroatoms. The molecule has 0 amide bonds. The van der Waals surface area contributed by atoms with Crippen molar-refractivity contribution in [3.05, 3.63) is 71.2 Å². The first-order chi connectivity index (χ1) is 11.3. The molecule has 1 fully saturated rings. The highest BCUT2D eigenvalue weighted by molar-refractivity contribution is 5.55. The standard InChI is InChI=1S/C21H31NO2/c1-8-17(19(15(4)5)12-18(22)9-2)11-20(16(6)24-10-3)21(7)13-23-14-21/h8-9,11-12H,1,4,10,13-14,22H2,2-3,5-7H3/b17-11+,18-9+,19-12+,20-16-. The second-order valence-corrected chi connectivity index (χ2v) is 6.39. The highest BCUT2D eigenvalue weighted by atomic mass is 16.5. The van der Waals surface area contributed by atoms with Crippen LogP contribution < -0.4 is 5.73 Å². The van der Waals surface area contributed by atoms with E-state index >= 15 is 0 Å². The molecule has 24 heavy (non-hydrogen) atoms. The molecular weight excluding hydrogens is 298 g/mol. The van der Waals surface area contributed by atoms with E-state index in [1.54, 1.807) is 0 Å². The highest BCUT2D eigenvalue weighted by Gasteiger charge is 2.38. The largest absolute Gasteiger partial charge is 0.498 e. The Hall–Kier alpha value is -2.00. The van der Waals surface area contributed by atoms with Crippen molar-refractivity contribution >= 4 is 0 Å². The molecule has 1 aliphatic rings. The zero-order valence-corrected chi connectivity index (χ0v) is 15.7. The molecule has 0 bridgehead atoms. The molecule has 1 heterocycles. The molecule has 1 saturated heterocycles. The van der Waals surface area contributed by atoms with Gasteiger partial charge in [0, 0.05) is 16.7 Å². The first-order valence-electron chi connectivity index (χ1n) is 8.34. The normalized spacial score (nSPS) is 19.3. The maximum Gasteiger partial charge on any atom is 0.0968 e. The molecule has 2 N–H and O–H groups in total. The Labute approximate surface area is 146 Å². The van der Waals surface area contributed by atoms with Crippen molar-refractivity contribution in [1.82, 2.24) is 0 Å². The molecule has 1 rings (SSSR count). The number of rotatable bonds is 8. The second kappa shape index (κ2) is 8.74. The molecule has 1 aliphatic heterocycles. The van der Waals surface area contributed by atoms with Gasteiger partial charge in [-0.3, -0.25) is 0 Å². The lowest BCUT2D eigenvalue weighted by Gasteiger charge is -2.40. The Bertz CT molecular complexity index is 614. The van der Waals surface area contributed by atoms with Crippen molar-refractivity contribution in [2.24, 2.45) is 11.1 Å². The number of nitrogens with two attached hydrogens (primary N) is 1. The van der Waals surface area contributed by atoms with Crippen LogP contribution in [0.3, 0.4) is 0 Å². The Balaban J connectivity index is 3.45. The van der Waals surface area contributed by atoms with Crippen molar-refractivity contribution in [2.75, 3.05) is 19.8 Å². The summed E-state index contributed by atoms with van der Waals surface area (Å²) in [7, 11) is 0. The Morgan fingerprint density at radius 2 is 1.92 bits per heavy atom. The third-order valence-corrected chi connectivity index (χ3v) is 4.17. The van der Waals surface area contributed by atoms with E-state index in [4.69, 9.17) is 15.2 Å². The summed E-state index contributed by atoms with van der Waals surface area (Å²) in [6, 6.07) is 0. The van der Waals surface area contributed by atoms with Crippen molar-refractivity contribution in [3.63, 3.8) is 0 Å². The van der Waals surface area contributed by atoms with Gasteiger partial charge in [-0.25, -0.2) is 0 Å². The summed E-state index contributed by atoms with van der Waals surface area (Å²) in [5.74, 6) is 0.919. The van der Waals surface area contributed by atoms with Crippen LogP contribution in [0.2, 0.25) is 0 Å². The molecular formula is C21H31NO2.